The van der Waals surface area contributed by atoms with Crippen LogP contribution in [0.5, 0.6) is 0 Å². The molecule has 0 saturated heterocycles. The van der Waals surface area contributed by atoms with Gasteiger partial charge in [-0.15, -0.1) is 6.58 Å². The molecule has 0 amide bonds. The number of aliphatic hydroxyl groups is 1. The minimum Gasteiger partial charge on any atom is -0.390 e. The Kier molecular flexibility index (Phi) is 3.98. The first-order valence-electron chi connectivity index (χ1n) is 5.50. The zero-order valence-electron chi connectivity index (χ0n) is 8.76. The van der Waals surface area contributed by atoms with Crippen molar-refractivity contribution in [3.8, 4) is 0 Å². The Morgan fingerprint density at radius 1 is 1.54 bits per heavy atom. The van der Waals surface area contributed by atoms with Crippen molar-refractivity contribution in [3.05, 3.63) is 12.7 Å². The molecular formula is C12H22O. The lowest BCUT2D eigenvalue weighted by molar-refractivity contribution is -0.0354. The molecule has 0 radical (unpaired) electrons. The lowest BCUT2D eigenvalue weighted by atomic mass is 9.74. The lowest BCUT2D eigenvalue weighted by Crippen LogP contribution is -2.37. The Bertz CT molecular complexity index is 161. The third-order valence-corrected chi connectivity index (χ3v) is 3.33. The van der Waals surface area contributed by atoms with Gasteiger partial charge in [0.25, 0.3) is 0 Å². The Hall–Kier alpha value is -0.300. The van der Waals surface area contributed by atoms with E-state index in [1.165, 1.54) is 32.1 Å². The zero-order chi connectivity index (χ0) is 9.73. The summed E-state index contributed by atoms with van der Waals surface area (Å²) in [6.07, 6.45) is 10.1. The fraction of sp³-hybridized carbons (Fsp3) is 0.833. The molecule has 1 rings (SSSR count). The third kappa shape index (κ3) is 3.15. The fourth-order valence-electron chi connectivity index (χ4n) is 2.35. The van der Waals surface area contributed by atoms with Crippen LogP contribution in [0.4, 0.5) is 0 Å². The molecule has 0 aliphatic heterocycles. The van der Waals surface area contributed by atoms with Gasteiger partial charge in [0.2, 0.25) is 0 Å². The first-order valence-corrected chi connectivity index (χ1v) is 5.50. The molecule has 0 heterocycles. The summed E-state index contributed by atoms with van der Waals surface area (Å²) >= 11 is 0. The van der Waals surface area contributed by atoms with Crippen LogP contribution in [0.1, 0.15) is 51.9 Å². The van der Waals surface area contributed by atoms with Gasteiger partial charge in [0.05, 0.1) is 5.60 Å². The maximum atomic E-state index is 10.1. The predicted octanol–water partition coefficient (Wildman–Crippen LogP) is 3.28. The van der Waals surface area contributed by atoms with Crippen LogP contribution in [-0.4, -0.2) is 10.7 Å². The van der Waals surface area contributed by atoms with Gasteiger partial charge in [0, 0.05) is 0 Å². The standard InChI is InChI=1S/C12H22O/c1-3-4-5-8-11-9-6-7-10-12(11,2)13/h3,11,13H,1,4-10H2,2H3. The number of hydrogen-bond acceptors (Lipinski definition) is 1. The third-order valence-electron chi connectivity index (χ3n) is 3.33. The van der Waals surface area contributed by atoms with E-state index in [9.17, 15) is 5.11 Å². The van der Waals surface area contributed by atoms with Gasteiger partial charge in [-0.05, 0) is 44.9 Å². The van der Waals surface area contributed by atoms with Crippen molar-refractivity contribution in [2.75, 3.05) is 0 Å². The Balaban J connectivity index is 2.32. The first kappa shape index (κ1) is 10.8. The summed E-state index contributed by atoms with van der Waals surface area (Å²) < 4.78 is 0. The summed E-state index contributed by atoms with van der Waals surface area (Å²) in [7, 11) is 0. The highest BCUT2D eigenvalue weighted by Crippen LogP contribution is 2.36. The van der Waals surface area contributed by atoms with Crippen molar-refractivity contribution in [1.29, 1.82) is 0 Å². The van der Waals surface area contributed by atoms with Gasteiger partial charge in [0.1, 0.15) is 0 Å². The Morgan fingerprint density at radius 2 is 2.31 bits per heavy atom. The van der Waals surface area contributed by atoms with E-state index in [4.69, 9.17) is 0 Å². The van der Waals surface area contributed by atoms with Crippen molar-refractivity contribution in [3.63, 3.8) is 0 Å². The Labute approximate surface area is 81.9 Å². The van der Waals surface area contributed by atoms with E-state index in [1.807, 2.05) is 13.0 Å². The summed E-state index contributed by atoms with van der Waals surface area (Å²) in [4.78, 5) is 0. The van der Waals surface area contributed by atoms with E-state index in [1.54, 1.807) is 0 Å². The van der Waals surface area contributed by atoms with Crippen molar-refractivity contribution in [2.24, 2.45) is 5.92 Å². The van der Waals surface area contributed by atoms with Gasteiger partial charge in [-0.1, -0.05) is 18.9 Å². The van der Waals surface area contributed by atoms with E-state index in [2.05, 4.69) is 6.58 Å². The number of rotatable bonds is 4. The topological polar surface area (TPSA) is 20.2 Å². The normalized spacial score (nSPS) is 34.5. The van der Waals surface area contributed by atoms with Crippen LogP contribution in [0.25, 0.3) is 0 Å². The summed E-state index contributed by atoms with van der Waals surface area (Å²) in [5.74, 6) is 0.529. The van der Waals surface area contributed by atoms with Crippen LogP contribution in [0.3, 0.4) is 0 Å². The van der Waals surface area contributed by atoms with Crippen molar-refractivity contribution in [2.45, 2.75) is 57.5 Å². The minimum absolute atomic E-state index is 0.389. The van der Waals surface area contributed by atoms with Gasteiger partial charge >= 0.3 is 0 Å². The largest absolute Gasteiger partial charge is 0.390 e. The van der Waals surface area contributed by atoms with Crippen molar-refractivity contribution < 1.29 is 5.11 Å². The van der Waals surface area contributed by atoms with Gasteiger partial charge in [-0.3, -0.25) is 0 Å². The second-order valence-electron chi connectivity index (χ2n) is 4.52. The molecule has 1 fully saturated rings. The van der Waals surface area contributed by atoms with Gasteiger partial charge < -0.3 is 5.11 Å². The highest BCUT2D eigenvalue weighted by Gasteiger charge is 2.33. The second kappa shape index (κ2) is 4.80. The van der Waals surface area contributed by atoms with Crippen LogP contribution < -0.4 is 0 Å². The van der Waals surface area contributed by atoms with Crippen molar-refractivity contribution in [1.82, 2.24) is 0 Å². The average molecular weight is 182 g/mol. The van der Waals surface area contributed by atoms with Crippen LogP contribution in [-0.2, 0) is 0 Å². The quantitative estimate of drug-likeness (QED) is 0.522. The Morgan fingerprint density at radius 3 is 2.92 bits per heavy atom. The molecule has 76 valence electrons. The number of unbranched alkanes of at least 4 members (excludes halogenated alkanes) is 1. The highest BCUT2D eigenvalue weighted by molar-refractivity contribution is 4.86. The van der Waals surface area contributed by atoms with Crippen LogP contribution in [0, 0.1) is 5.92 Å². The SMILES string of the molecule is C=CCCCC1CCCCC1(C)O. The number of allylic oxidation sites excluding steroid dienone is 1. The van der Waals surface area contributed by atoms with E-state index in [0.29, 0.717) is 5.92 Å². The molecule has 1 heteroatoms. The molecule has 2 unspecified atom stereocenters. The van der Waals surface area contributed by atoms with Gasteiger partial charge in [-0.2, -0.15) is 0 Å². The van der Waals surface area contributed by atoms with Gasteiger partial charge in [0.15, 0.2) is 0 Å². The molecule has 0 spiro atoms. The van der Waals surface area contributed by atoms with E-state index >= 15 is 0 Å². The van der Waals surface area contributed by atoms with E-state index in [0.717, 1.165) is 12.8 Å². The first-order chi connectivity index (χ1) is 6.17. The van der Waals surface area contributed by atoms with Crippen LogP contribution >= 0.6 is 0 Å². The summed E-state index contributed by atoms with van der Waals surface area (Å²) in [6, 6.07) is 0. The molecule has 0 aromatic carbocycles. The second-order valence-corrected chi connectivity index (χ2v) is 4.52. The molecular weight excluding hydrogens is 160 g/mol. The summed E-state index contributed by atoms with van der Waals surface area (Å²) in [5.41, 5.74) is -0.389. The molecule has 0 bridgehead atoms. The summed E-state index contributed by atoms with van der Waals surface area (Å²) in [6.45, 7) is 5.72. The zero-order valence-corrected chi connectivity index (χ0v) is 8.76. The number of hydrogen-bond donors (Lipinski definition) is 1. The molecule has 1 N–H and O–H groups in total. The predicted molar refractivity (Wildman–Crippen MR) is 56.6 cm³/mol. The van der Waals surface area contributed by atoms with Crippen LogP contribution in [0.2, 0.25) is 0 Å². The van der Waals surface area contributed by atoms with E-state index in [-0.39, 0.29) is 5.60 Å². The highest BCUT2D eigenvalue weighted by atomic mass is 16.3. The molecule has 2 atom stereocenters. The van der Waals surface area contributed by atoms with E-state index < -0.39 is 0 Å². The fourth-order valence-corrected chi connectivity index (χ4v) is 2.35. The molecule has 1 aliphatic rings. The minimum atomic E-state index is -0.389. The smallest absolute Gasteiger partial charge is 0.0647 e. The molecule has 1 saturated carbocycles. The van der Waals surface area contributed by atoms with Crippen LogP contribution in [0.15, 0.2) is 12.7 Å². The van der Waals surface area contributed by atoms with Crippen molar-refractivity contribution >= 4 is 0 Å². The average Bonchev–Trinajstić information content (AvgIpc) is 2.08. The van der Waals surface area contributed by atoms with Gasteiger partial charge in [-0.25, -0.2) is 0 Å². The molecule has 0 aromatic rings. The maximum absolute atomic E-state index is 10.1. The molecule has 0 aromatic heterocycles. The maximum Gasteiger partial charge on any atom is 0.0647 e. The molecule has 13 heavy (non-hydrogen) atoms. The monoisotopic (exact) mass is 182 g/mol. The molecule has 1 nitrogen and oxygen atoms in total. The summed E-state index contributed by atoms with van der Waals surface area (Å²) in [5, 5.41) is 10.1. The molecule has 1 aliphatic carbocycles. The lowest BCUT2D eigenvalue weighted by Gasteiger charge is -2.37.